The second-order valence-electron chi connectivity index (χ2n) is 6.80. The maximum atomic E-state index is 11.9. The molecule has 0 saturated heterocycles. The van der Waals surface area contributed by atoms with Crippen molar-refractivity contribution in [3.8, 4) is 0 Å². The van der Waals surface area contributed by atoms with Crippen LogP contribution in [0.1, 0.15) is 31.9 Å². The average Bonchev–Trinajstić information content (AvgIpc) is 2.99. The number of ether oxygens (including phenoxy) is 2. The number of hydrogen-bond acceptors (Lipinski definition) is 4. The molecule has 0 atom stereocenters. The van der Waals surface area contributed by atoms with E-state index in [1.54, 1.807) is 24.4 Å². The van der Waals surface area contributed by atoms with E-state index in [9.17, 15) is 4.79 Å². The smallest absolute Gasteiger partial charge is 0.414 e. The molecule has 1 aliphatic rings. The van der Waals surface area contributed by atoms with Crippen LogP contribution in [-0.2, 0) is 22.5 Å². The third-order valence-corrected chi connectivity index (χ3v) is 3.55. The Morgan fingerprint density at radius 1 is 1.20 bits per heavy atom. The van der Waals surface area contributed by atoms with Crippen LogP contribution in [0, 0.1) is 0 Å². The number of carbonyl (C=O) groups excluding carboxylic acids is 1. The molecular formula is C20H26N2O3. The Hall–Kier alpha value is -2.40. The van der Waals surface area contributed by atoms with Crippen LogP contribution in [0.5, 0.6) is 0 Å². The highest BCUT2D eigenvalue weighted by Crippen LogP contribution is 2.27. The van der Waals surface area contributed by atoms with Gasteiger partial charge in [-0.1, -0.05) is 30.3 Å². The maximum absolute atomic E-state index is 11.9. The first-order valence-electron chi connectivity index (χ1n) is 8.37. The molecule has 25 heavy (non-hydrogen) atoms. The summed E-state index contributed by atoms with van der Waals surface area (Å²) in [5, 5.41) is 0. The Morgan fingerprint density at radius 2 is 1.92 bits per heavy atom. The zero-order chi connectivity index (χ0) is 18.3. The number of benzene rings is 1. The number of carbonyl (C=O) groups is 1. The predicted octanol–water partition coefficient (Wildman–Crippen LogP) is 4.21. The first-order valence-corrected chi connectivity index (χ1v) is 8.37. The first kappa shape index (κ1) is 18.9. The Bertz CT molecular complexity index is 681. The van der Waals surface area contributed by atoms with Gasteiger partial charge in [0.25, 0.3) is 0 Å². The first-order chi connectivity index (χ1) is 11.9. The third kappa shape index (κ3) is 5.87. The molecule has 1 aromatic carbocycles. The summed E-state index contributed by atoms with van der Waals surface area (Å²) >= 11 is 0. The molecule has 0 bridgehead atoms. The number of aromatic nitrogens is 1. The van der Waals surface area contributed by atoms with Gasteiger partial charge in [-0.05, 0) is 44.4 Å². The molecule has 0 N–H and O–H groups in total. The van der Waals surface area contributed by atoms with Gasteiger partial charge in [-0.15, -0.1) is 0 Å². The van der Waals surface area contributed by atoms with E-state index in [2.05, 4.69) is 4.98 Å². The molecule has 0 aliphatic carbocycles. The quantitative estimate of drug-likeness (QED) is 0.820. The van der Waals surface area contributed by atoms with Crippen LogP contribution in [0.25, 0.3) is 0 Å². The molecule has 1 aliphatic heterocycles. The molecule has 5 heteroatoms. The summed E-state index contributed by atoms with van der Waals surface area (Å²) < 4.78 is 10.3. The van der Waals surface area contributed by atoms with Crippen molar-refractivity contribution < 1.29 is 14.3 Å². The Morgan fingerprint density at radius 3 is 2.56 bits per heavy atom. The Kier molecular flexibility index (Phi) is 6.53. The van der Waals surface area contributed by atoms with E-state index in [0.29, 0.717) is 13.2 Å². The van der Waals surface area contributed by atoms with E-state index in [1.165, 1.54) is 5.56 Å². The largest absolute Gasteiger partial charge is 0.443 e. The standard InChI is InChI=1S/C12H16N2O2.C8H10O/c1-12(2,3)16-11(15)14-7-5-9-4-6-13-8-10(9)14;1-9-7-8-5-3-2-4-6-8/h4,6,8H,5,7H2,1-3H3;2-6H,7H2,1H3. The zero-order valence-corrected chi connectivity index (χ0v) is 15.4. The van der Waals surface area contributed by atoms with Gasteiger partial charge in [0, 0.05) is 19.9 Å². The maximum Gasteiger partial charge on any atom is 0.414 e. The number of amides is 1. The number of anilines is 1. The second kappa shape index (κ2) is 8.62. The van der Waals surface area contributed by atoms with E-state index < -0.39 is 5.60 Å². The van der Waals surface area contributed by atoms with Gasteiger partial charge in [-0.2, -0.15) is 0 Å². The van der Waals surface area contributed by atoms with Crippen molar-refractivity contribution in [1.29, 1.82) is 0 Å². The number of nitrogens with zero attached hydrogens (tertiary/aromatic N) is 2. The summed E-state index contributed by atoms with van der Waals surface area (Å²) in [5.74, 6) is 0. The van der Waals surface area contributed by atoms with Crippen LogP contribution < -0.4 is 4.90 Å². The fraction of sp³-hybridized carbons (Fsp3) is 0.400. The summed E-state index contributed by atoms with van der Waals surface area (Å²) in [6.45, 7) is 6.98. The molecule has 0 fully saturated rings. The van der Waals surface area contributed by atoms with Crippen LogP contribution in [-0.4, -0.2) is 30.3 Å². The van der Waals surface area contributed by atoms with Crippen molar-refractivity contribution in [3.05, 3.63) is 59.9 Å². The van der Waals surface area contributed by atoms with Gasteiger partial charge >= 0.3 is 6.09 Å². The SMILES string of the molecule is CC(C)(C)OC(=O)N1CCc2ccncc21.COCc1ccccc1. The molecule has 0 saturated carbocycles. The number of methoxy groups -OCH3 is 1. The number of rotatable bonds is 2. The third-order valence-electron chi connectivity index (χ3n) is 3.55. The minimum Gasteiger partial charge on any atom is -0.443 e. The van der Waals surface area contributed by atoms with Crippen LogP contribution in [0.4, 0.5) is 10.5 Å². The molecular weight excluding hydrogens is 316 g/mol. The number of hydrogen-bond donors (Lipinski definition) is 0. The van der Waals surface area contributed by atoms with Crippen LogP contribution >= 0.6 is 0 Å². The van der Waals surface area contributed by atoms with Gasteiger partial charge in [-0.3, -0.25) is 9.88 Å². The number of pyridine rings is 1. The summed E-state index contributed by atoms with van der Waals surface area (Å²) in [5.41, 5.74) is 2.79. The van der Waals surface area contributed by atoms with Gasteiger partial charge < -0.3 is 9.47 Å². The fourth-order valence-electron chi connectivity index (χ4n) is 2.47. The van der Waals surface area contributed by atoms with Crippen molar-refractivity contribution >= 4 is 11.8 Å². The van der Waals surface area contributed by atoms with Gasteiger partial charge in [0.1, 0.15) is 5.60 Å². The molecule has 0 radical (unpaired) electrons. The van der Waals surface area contributed by atoms with E-state index in [1.807, 2.05) is 57.2 Å². The van der Waals surface area contributed by atoms with Crippen LogP contribution in [0.15, 0.2) is 48.8 Å². The van der Waals surface area contributed by atoms with Gasteiger partial charge in [0.15, 0.2) is 0 Å². The lowest BCUT2D eigenvalue weighted by Crippen LogP contribution is -2.35. The molecule has 134 valence electrons. The van der Waals surface area contributed by atoms with Crippen molar-refractivity contribution in [2.24, 2.45) is 0 Å². The van der Waals surface area contributed by atoms with Crippen molar-refractivity contribution in [3.63, 3.8) is 0 Å². The summed E-state index contributed by atoms with van der Waals surface area (Å²) in [6, 6.07) is 12.1. The van der Waals surface area contributed by atoms with E-state index >= 15 is 0 Å². The van der Waals surface area contributed by atoms with Crippen molar-refractivity contribution in [2.75, 3.05) is 18.6 Å². The van der Waals surface area contributed by atoms with Crippen LogP contribution in [0.3, 0.4) is 0 Å². The normalized spacial score (nSPS) is 12.9. The molecule has 0 unspecified atom stereocenters. The molecule has 1 aromatic heterocycles. The molecule has 0 spiro atoms. The zero-order valence-electron chi connectivity index (χ0n) is 15.4. The summed E-state index contributed by atoms with van der Waals surface area (Å²) in [4.78, 5) is 17.6. The van der Waals surface area contributed by atoms with Crippen molar-refractivity contribution in [2.45, 2.75) is 39.4 Å². The number of fused-ring (bicyclic) bond motifs is 1. The van der Waals surface area contributed by atoms with E-state index in [0.717, 1.165) is 17.7 Å². The lowest BCUT2D eigenvalue weighted by molar-refractivity contribution is 0.0584. The summed E-state index contributed by atoms with van der Waals surface area (Å²) in [6.07, 6.45) is 4.04. The predicted molar refractivity (Wildman–Crippen MR) is 98.7 cm³/mol. The lowest BCUT2D eigenvalue weighted by atomic mass is 10.2. The Balaban J connectivity index is 0.000000212. The van der Waals surface area contributed by atoms with E-state index in [4.69, 9.17) is 9.47 Å². The topological polar surface area (TPSA) is 51.7 Å². The minimum atomic E-state index is -0.456. The van der Waals surface area contributed by atoms with Crippen molar-refractivity contribution in [1.82, 2.24) is 4.98 Å². The van der Waals surface area contributed by atoms with Gasteiger partial charge in [-0.25, -0.2) is 4.79 Å². The highest BCUT2D eigenvalue weighted by atomic mass is 16.6. The minimum absolute atomic E-state index is 0.292. The van der Waals surface area contributed by atoms with E-state index in [-0.39, 0.29) is 6.09 Å². The average molecular weight is 342 g/mol. The molecule has 2 heterocycles. The highest BCUT2D eigenvalue weighted by molar-refractivity contribution is 5.90. The molecule has 3 rings (SSSR count). The Labute approximate surface area is 149 Å². The summed E-state index contributed by atoms with van der Waals surface area (Å²) in [7, 11) is 1.70. The second-order valence-corrected chi connectivity index (χ2v) is 6.80. The van der Waals surface area contributed by atoms with Gasteiger partial charge in [0.2, 0.25) is 0 Å². The molecule has 1 amide bonds. The highest BCUT2D eigenvalue weighted by Gasteiger charge is 2.28. The molecule has 5 nitrogen and oxygen atoms in total. The lowest BCUT2D eigenvalue weighted by Gasteiger charge is -2.24. The fourth-order valence-corrected chi connectivity index (χ4v) is 2.47. The molecule has 2 aromatic rings. The monoisotopic (exact) mass is 342 g/mol. The van der Waals surface area contributed by atoms with Gasteiger partial charge in [0.05, 0.1) is 18.5 Å². The van der Waals surface area contributed by atoms with Crippen LogP contribution in [0.2, 0.25) is 0 Å².